The first kappa shape index (κ1) is 15.7. The Morgan fingerprint density at radius 1 is 1.25 bits per heavy atom. The second-order valence-corrected chi connectivity index (χ2v) is 7.57. The van der Waals surface area contributed by atoms with Gasteiger partial charge in [-0.3, -0.25) is 4.21 Å². The van der Waals surface area contributed by atoms with Gasteiger partial charge in [0.1, 0.15) is 0 Å². The molecular formula is C17H27NOS. The van der Waals surface area contributed by atoms with Gasteiger partial charge in [0, 0.05) is 10.9 Å². The molecule has 0 spiro atoms. The van der Waals surface area contributed by atoms with Crippen LogP contribution in [0.25, 0.3) is 0 Å². The van der Waals surface area contributed by atoms with Crippen molar-refractivity contribution in [3.8, 4) is 0 Å². The average Bonchev–Trinajstić information content (AvgIpc) is 2.94. The van der Waals surface area contributed by atoms with Crippen LogP contribution >= 0.6 is 0 Å². The fourth-order valence-corrected chi connectivity index (χ4v) is 4.49. The largest absolute Gasteiger partial charge is 0.313 e. The first-order valence-corrected chi connectivity index (χ1v) is 9.14. The summed E-state index contributed by atoms with van der Waals surface area (Å²) in [7, 11) is -0.916. The maximum atomic E-state index is 12.8. The standard InChI is InChI=1S/C17H27NOS/c1-4-11-18-17(5-2)13(3)20(19)16-10-9-14-7-6-8-15(14)12-16/h9-10,12-13,17-18H,4-8,11H2,1-3H3. The highest BCUT2D eigenvalue weighted by molar-refractivity contribution is 7.85. The number of hydrogen-bond donors (Lipinski definition) is 1. The molecule has 112 valence electrons. The van der Waals surface area contributed by atoms with Crippen LogP contribution in [-0.2, 0) is 23.6 Å². The quantitative estimate of drug-likeness (QED) is 0.834. The Morgan fingerprint density at radius 3 is 2.70 bits per heavy atom. The number of nitrogens with one attached hydrogen (secondary N) is 1. The minimum absolute atomic E-state index is 0.158. The van der Waals surface area contributed by atoms with Crippen LogP contribution in [-0.4, -0.2) is 22.0 Å². The van der Waals surface area contributed by atoms with E-state index in [2.05, 4.69) is 44.3 Å². The smallest absolute Gasteiger partial charge is 0.0573 e. The van der Waals surface area contributed by atoms with Crippen LogP contribution in [0.2, 0.25) is 0 Å². The first-order chi connectivity index (χ1) is 9.67. The lowest BCUT2D eigenvalue weighted by molar-refractivity contribution is 0.486. The Balaban J connectivity index is 2.09. The third-order valence-electron chi connectivity index (χ3n) is 4.30. The summed E-state index contributed by atoms with van der Waals surface area (Å²) in [6.45, 7) is 7.45. The molecule has 2 rings (SSSR count). The van der Waals surface area contributed by atoms with Gasteiger partial charge in [0.15, 0.2) is 0 Å². The van der Waals surface area contributed by atoms with Crippen molar-refractivity contribution in [2.75, 3.05) is 6.54 Å². The zero-order chi connectivity index (χ0) is 14.5. The Morgan fingerprint density at radius 2 is 2.00 bits per heavy atom. The maximum absolute atomic E-state index is 12.8. The van der Waals surface area contributed by atoms with E-state index in [0.717, 1.165) is 30.7 Å². The molecule has 0 saturated heterocycles. The van der Waals surface area contributed by atoms with Gasteiger partial charge >= 0.3 is 0 Å². The van der Waals surface area contributed by atoms with Crippen molar-refractivity contribution in [1.82, 2.24) is 5.32 Å². The van der Waals surface area contributed by atoms with Gasteiger partial charge < -0.3 is 5.32 Å². The van der Waals surface area contributed by atoms with Crippen molar-refractivity contribution in [2.24, 2.45) is 0 Å². The molecule has 1 aromatic carbocycles. The predicted molar refractivity (Wildman–Crippen MR) is 86.7 cm³/mol. The summed E-state index contributed by atoms with van der Waals surface area (Å²) in [6, 6.07) is 6.78. The summed E-state index contributed by atoms with van der Waals surface area (Å²) in [4.78, 5) is 1.01. The third-order valence-corrected chi connectivity index (χ3v) is 6.03. The van der Waals surface area contributed by atoms with Crippen LogP contribution in [0.1, 0.15) is 51.2 Å². The molecule has 1 N–H and O–H groups in total. The minimum atomic E-state index is -0.916. The molecule has 0 radical (unpaired) electrons. The predicted octanol–water partition coefficient (Wildman–Crippen LogP) is 3.45. The van der Waals surface area contributed by atoms with Crippen molar-refractivity contribution in [1.29, 1.82) is 0 Å². The Bertz CT molecular complexity index is 472. The van der Waals surface area contributed by atoms with E-state index in [1.807, 2.05) is 0 Å². The van der Waals surface area contributed by atoms with Crippen LogP contribution in [0.3, 0.4) is 0 Å². The SMILES string of the molecule is CCCNC(CC)C(C)S(=O)c1ccc2c(c1)CCC2. The third kappa shape index (κ3) is 3.50. The molecule has 1 aliphatic rings. The number of rotatable bonds is 7. The summed E-state index contributed by atoms with van der Waals surface area (Å²) >= 11 is 0. The second kappa shape index (κ2) is 7.37. The average molecular weight is 293 g/mol. The molecule has 0 heterocycles. The lowest BCUT2D eigenvalue weighted by Crippen LogP contribution is -2.40. The van der Waals surface area contributed by atoms with Gasteiger partial charge in [-0.05, 0) is 68.8 Å². The highest BCUT2D eigenvalue weighted by Gasteiger charge is 2.23. The van der Waals surface area contributed by atoms with Gasteiger partial charge in [-0.1, -0.05) is 19.9 Å². The topological polar surface area (TPSA) is 29.1 Å². The molecular weight excluding hydrogens is 266 g/mol. The van der Waals surface area contributed by atoms with Crippen LogP contribution in [0.15, 0.2) is 23.1 Å². The summed E-state index contributed by atoms with van der Waals surface area (Å²) in [5.41, 5.74) is 2.87. The molecule has 0 saturated carbocycles. The second-order valence-electron chi connectivity index (χ2n) is 5.76. The molecule has 0 aromatic heterocycles. The Labute approximate surface area is 125 Å². The molecule has 3 unspecified atom stereocenters. The number of aryl methyl sites for hydroxylation is 2. The monoisotopic (exact) mass is 293 g/mol. The molecule has 3 atom stereocenters. The molecule has 0 fully saturated rings. The Hall–Kier alpha value is -0.670. The molecule has 1 aliphatic carbocycles. The molecule has 0 aliphatic heterocycles. The molecule has 1 aromatic rings. The zero-order valence-corrected chi connectivity index (χ0v) is 13.8. The van der Waals surface area contributed by atoms with Gasteiger partial charge in [-0.25, -0.2) is 0 Å². The summed E-state index contributed by atoms with van der Waals surface area (Å²) in [5.74, 6) is 0. The van der Waals surface area contributed by atoms with E-state index in [-0.39, 0.29) is 5.25 Å². The lowest BCUT2D eigenvalue weighted by atomic mass is 10.1. The van der Waals surface area contributed by atoms with E-state index in [4.69, 9.17) is 0 Å². The fraction of sp³-hybridized carbons (Fsp3) is 0.647. The fourth-order valence-electron chi connectivity index (χ4n) is 3.01. The van der Waals surface area contributed by atoms with Crippen LogP contribution < -0.4 is 5.32 Å². The summed E-state index contributed by atoms with van der Waals surface area (Å²) in [5, 5.41) is 3.69. The minimum Gasteiger partial charge on any atom is -0.313 e. The van der Waals surface area contributed by atoms with Crippen molar-refractivity contribution in [3.05, 3.63) is 29.3 Å². The highest BCUT2D eigenvalue weighted by Crippen LogP contribution is 2.25. The summed E-state index contributed by atoms with van der Waals surface area (Å²) < 4.78 is 12.8. The first-order valence-electron chi connectivity index (χ1n) is 7.93. The number of benzene rings is 1. The molecule has 2 nitrogen and oxygen atoms in total. The van der Waals surface area contributed by atoms with Gasteiger partial charge in [0.05, 0.1) is 16.0 Å². The Kier molecular flexibility index (Phi) is 5.79. The van der Waals surface area contributed by atoms with E-state index in [0.29, 0.717) is 6.04 Å². The normalized spacial score (nSPS) is 18.6. The lowest BCUT2D eigenvalue weighted by Gasteiger charge is -2.23. The van der Waals surface area contributed by atoms with Gasteiger partial charge in [0.25, 0.3) is 0 Å². The van der Waals surface area contributed by atoms with Crippen molar-refractivity contribution in [3.63, 3.8) is 0 Å². The molecule has 0 bridgehead atoms. The molecule has 3 heteroatoms. The van der Waals surface area contributed by atoms with E-state index >= 15 is 0 Å². The van der Waals surface area contributed by atoms with E-state index in [1.54, 1.807) is 0 Å². The molecule has 20 heavy (non-hydrogen) atoms. The van der Waals surface area contributed by atoms with Crippen molar-refractivity contribution in [2.45, 2.75) is 69.1 Å². The van der Waals surface area contributed by atoms with E-state index in [9.17, 15) is 4.21 Å². The van der Waals surface area contributed by atoms with Crippen molar-refractivity contribution >= 4 is 10.8 Å². The van der Waals surface area contributed by atoms with Crippen molar-refractivity contribution < 1.29 is 4.21 Å². The van der Waals surface area contributed by atoms with Crippen LogP contribution in [0.4, 0.5) is 0 Å². The maximum Gasteiger partial charge on any atom is 0.0573 e. The van der Waals surface area contributed by atoms with Gasteiger partial charge in [-0.15, -0.1) is 0 Å². The van der Waals surface area contributed by atoms with Crippen LogP contribution in [0.5, 0.6) is 0 Å². The van der Waals surface area contributed by atoms with E-state index in [1.165, 1.54) is 24.0 Å². The van der Waals surface area contributed by atoms with Crippen LogP contribution in [0, 0.1) is 0 Å². The number of fused-ring (bicyclic) bond motifs is 1. The molecule has 0 amide bonds. The highest BCUT2D eigenvalue weighted by atomic mass is 32.2. The summed E-state index contributed by atoms with van der Waals surface area (Å²) in [6.07, 6.45) is 5.73. The zero-order valence-electron chi connectivity index (χ0n) is 12.9. The van der Waals surface area contributed by atoms with Gasteiger partial charge in [-0.2, -0.15) is 0 Å². The van der Waals surface area contributed by atoms with E-state index < -0.39 is 10.8 Å². The van der Waals surface area contributed by atoms with Gasteiger partial charge in [0.2, 0.25) is 0 Å². The number of hydrogen-bond acceptors (Lipinski definition) is 2.